The molecule has 0 bridgehead atoms. The fourth-order valence-electron chi connectivity index (χ4n) is 1.59. The third-order valence-corrected chi connectivity index (χ3v) is 3.01. The lowest BCUT2D eigenvalue weighted by atomic mass is 10.2. The second kappa shape index (κ2) is 6.35. The highest BCUT2D eigenvalue weighted by Gasteiger charge is 2.12. The summed E-state index contributed by atoms with van der Waals surface area (Å²) in [6, 6.07) is 4.51. The largest absolute Gasteiger partial charge is 0.507 e. The second-order valence-corrected chi connectivity index (χ2v) is 5.06. The van der Waals surface area contributed by atoms with E-state index in [4.69, 9.17) is 5.11 Å². The number of carbonyl (C=O) groups is 2. The zero-order valence-corrected chi connectivity index (χ0v) is 12.2. The van der Waals surface area contributed by atoms with Crippen molar-refractivity contribution in [2.45, 2.75) is 13.1 Å². The molecular weight excluding hydrogens is 344 g/mol. The first kappa shape index (κ1) is 15.0. The van der Waals surface area contributed by atoms with Gasteiger partial charge in [-0.15, -0.1) is 5.10 Å². The second-order valence-electron chi connectivity index (χ2n) is 4.15. The molecule has 0 saturated heterocycles. The number of carboxylic acids is 1. The van der Waals surface area contributed by atoms with E-state index in [1.54, 1.807) is 6.07 Å². The normalized spacial score (nSPS) is 10.3. The number of phenols is 1. The summed E-state index contributed by atoms with van der Waals surface area (Å²) in [6.45, 7) is -0.224. The number of rotatable bonds is 5. The molecule has 0 fully saturated rings. The number of phenolic OH excluding ortho intramolecular Hbond substituents is 1. The minimum atomic E-state index is -1.03. The smallest absolute Gasteiger partial charge is 0.325 e. The SMILES string of the molecule is O=C(O)Cn1cc(CNC(=O)c2cc(Br)ccc2O)nn1. The summed E-state index contributed by atoms with van der Waals surface area (Å²) in [4.78, 5) is 22.4. The van der Waals surface area contributed by atoms with Crippen LogP contribution in [0.25, 0.3) is 0 Å². The number of aromatic nitrogens is 3. The minimum absolute atomic E-state index is 0.0738. The lowest BCUT2D eigenvalue weighted by Crippen LogP contribution is -2.23. The summed E-state index contributed by atoms with van der Waals surface area (Å²) in [6.07, 6.45) is 1.43. The van der Waals surface area contributed by atoms with Gasteiger partial charge in [-0.25, -0.2) is 4.68 Å². The molecular formula is C12H11BrN4O4. The standard InChI is InChI=1S/C12H11BrN4O4/c13-7-1-2-10(18)9(3-7)12(21)14-4-8-5-17(16-15-8)6-11(19)20/h1-3,5,18H,4,6H2,(H,14,21)(H,19,20). The van der Waals surface area contributed by atoms with Gasteiger partial charge in [-0.1, -0.05) is 21.1 Å². The zero-order chi connectivity index (χ0) is 15.4. The summed E-state index contributed by atoms with van der Waals surface area (Å²) >= 11 is 3.21. The molecule has 0 aliphatic rings. The Morgan fingerprint density at radius 1 is 1.38 bits per heavy atom. The predicted octanol–water partition coefficient (Wildman–Crippen LogP) is 0.761. The molecule has 0 unspecified atom stereocenters. The van der Waals surface area contributed by atoms with Crippen molar-refractivity contribution in [1.82, 2.24) is 20.3 Å². The van der Waals surface area contributed by atoms with E-state index in [2.05, 4.69) is 31.6 Å². The Labute approximate surface area is 127 Å². The fourth-order valence-corrected chi connectivity index (χ4v) is 1.95. The van der Waals surface area contributed by atoms with Crippen LogP contribution in [0.3, 0.4) is 0 Å². The van der Waals surface area contributed by atoms with Crippen LogP contribution in [0.15, 0.2) is 28.9 Å². The maximum absolute atomic E-state index is 11.9. The van der Waals surface area contributed by atoms with Crippen LogP contribution in [0, 0.1) is 0 Å². The summed E-state index contributed by atoms with van der Waals surface area (Å²) in [7, 11) is 0. The van der Waals surface area contributed by atoms with Gasteiger partial charge >= 0.3 is 5.97 Å². The first-order valence-electron chi connectivity index (χ1n) is 5.83. The Hall–Kier alpha value is -2.42. The van der Waals surface area contributed by atoms with Crippen LogP contribution in [0.1, 0.15) is 16.1 Å². The molecule has 21 heavy (non-hydrogen) atoms. The first-order chi connectivity index (χ1) is 9.95. The maximum Gasteiger partial charge on any atom is 0.325 e. The Kier molecular flexibility index (Phi) is 4.53. The van der Waals surface area contributed by atoms with Gasteiger partial charge in [0.15, 0.2) is 0 Å². The molecule has 0 aliphatic heterocycles. The molecule has 1 aromatic carbocycles. The van der Waals surface area contributed by atoms with Crippen molar-refractivity contribution < 1.29 is 19.8 Å². The molecule has 0 aliphatic carbocycles. The number of amides is 1. The molecule has 2 rings (SSSR count). The van der Waals surface area contributed by atoms with Crippen LogP contribution in [0.5, 0.6) is 5.75 Å². The first-order valence-corrected chi connectivity index (χ1v) is 6.62. The third kappa shape index (κ3) is 4.02. The lowest BCUT2D eigenvalue weighted by molar-refractivity contribution is -0.137. The van der Waals surface area contributed by atoms with Gasteiger partial charge < -0.3 is 15.5 Å². The highest BCUT2D eigenvalue weighted by atomic mass is 79.9. The Morgan fingerprint density at radius 3 is 2.86 bits per heavy atom. The van der Waals surface area contributed by atoms with Crippen molar-refractivity contribution in [1.29, 1.82) is 0 Å². The number of aliphatic carboxylic acids is 1. The number of halogens is 1. The summed E-state index contributed by atoms with van der Waals surface area (Å²) in [5.74, 6) is -1.64. The highest BCUT2D eigenvalue weighted by molar-refractivity contribution is 9.10. The van der Waals surface area contributed by atoms with E-state index in [0.29, 0.717) is 10.2 Å². The number of hydrogen-bond acceptors (Lipinski definition) is 5. The Morgan fingerprint density at radius 2 is 2.14 bits per heavy atom. The summed E-state index contributed by atoms with van der Waals surface area (Å²) in [5.41, 5.74) is 0.543. The van der Waals surface area contributed by atoms with E-state index in [1.165, 1.54) is 18.3 Å². The van der Waals surface area contributed by atoms with Crippen LogP contribution in [-0.4, -0.2) is 37.1 Å². The molecule has 3 N–H and O–H groups in total. The molecule has 9 heteroatoms. The molecule has 8 nitrogen and oxygen atoms in total. The lowest BCUT2D eigenvalue weighted by Gasteiger charge is -2.05. The molecule has 1 heterocycles. The third-order valence-electron chi connectivity index (χ3n) is 2.52. The topological polar surface area (TPSA) is 117 Å². The average molecular weight is 355 g/mol. The van der Waals surface area contributed by atoms with Gasteiger partial charge in [-0.2, -0.15) is 0 Å². The van der Waals surface area contributed by atoms with Crippen LogP contribution < -0.4 is 5.32 Å². The highest BCUT2D eigenvalue weighted by Crippen LogP contribution is 2.21. The molecule has 0 atom stereocenters. The Balaban J connectivity index is 1.99. The van der Waals surface area contributed by atoms with E-state index < -0.39 is 11.9 Å². The van der Waals surface area contributed by atoms with Gasteiger partial charge in [0.05, 0.1) is 18.3 Å². The molecule has 110 valence electrons. The number of benzene rings is 1. The predicted molar refractivity (Wildman–Crippen MR) is 74.6 cm³/mol. The van der Waals surface area contributed by atoms with Gasteiger partial charge in [0.1, 0.15) is 18.0 Å². The van der Waals surface area contributed by atoms with E-state index in [0.717, 1.165) is 4.68 Å². The maximum atomic E-state index is 11.9. The van der Waals surface area contributed by atoms with Gasteiger partial charge in [0.2, 0.25) is 0 Å². The van der Waals surface area contributed by atoms with Gasteiger partial charge in [-0.3, -0.25) is 9.59 Å². The van der Waals surface area contributed by atoms with Crippen LogP contribution in [-0.2, 0) is 17.9 Å². The number of aromatic hydroxyl groups is 1. The number of carbonyl (C=O) groups excluding carboxylic acids is 1. The molecule has 0 saturated carbocycles. The van der Waals surface area contributed by atoms with Crippen molar-refractivity contribution in [3.8, 4) is 5.75 Å². The molecule has 2 aromatic rings. The van der Waals surface area contributed by atoms with Crippen molar-refractivity contribution in [3.63, 3.8) is 0 Å². The zero-order valence-electron chi connectivity index (χ0n) is 10.7. The van der Waals surface area contributed by atoms with Crippen molar-refractivity contribution >= 4 is 27.8 Å². The van der Waals surface area contributed by atoms with Crippen LogP contribution in [0.2, 0.25) is 0 Å². The van der Waals surface area contributed by atoms with Gasteiger partial charge in [-0.05, 0) is 18.2 Å². The van der Waals surface area contributed by atoms with Gasteiger partial charge in [0.25, 0.3) is 5.91 Å². The fraction of sp³-hybridized carbons (Fsp3) is 0.167. The number of nitrogens with one attached hydrogen (secondary N) is 1. The molecule has 1 amide bonds. The van der Waals surface area contributed by atoms with E-state index in [9.17, 15) is 14.7 Å². The molecule has 0 spiro atoms. The number of nitrogens with zero attached hydrogens (tertiary/aromatic N) is 3. The molecule has 0 radical (unpaired) electrons. The monoisotopic (exact) mass is 354 g/mol. The van der Waals surface area contributed by atoms with E-state index >= 15 is 0 Å². The summed E-state index contributed by atoms with van der Waals surface area (Å²) in [5, 5.41) is 28.2. The Bertz CT molecular complexity index is 686. The minimum Gasteiger partial charge on any atom is -0.507 e. The van der Waals surface area contributed by atoms with E-state index in [-0.39, 0.29) is 24.4 Å². The molecule has 1 aromatic heterocycles. The van der Waals surface area contributed by atoms with Crippen molar-refractivity contribution in [2.75, 3.05) is 0 Å². The van der Waals surface area contributed by atoms with Crippen LogP contribution in [0.4, 0.5) is 0 Å². The number of carboxylic acid groups (broad SMARTS) is 1. The number of hydrogen-bond donors (Lipinski definition) is 3. The summed E-state index contributed by atoms with van der Waals surface area (Å²) < 4.78 is 1.82. The quantitative estimate of drug-likeness (QED) is 0.729. The van der Waals surface area contributed by atoms with Crippen molar-refractivity contribution in [3.05, 3.63) is 40.1 Å². The van der Waals surface area contributed by atoms with Crippen molar-refractivity contribution in [2.24, 2.45) is 0 Å². The van der Waals surface area contributed by atoms with Crippen LogP contribution >= 0.6 is 15.9 Å². The average Bonchev–Trinajstić information content (AvgIpc) is 2.85. The van der Waals surface area contributed by atoms with E-state index in [1.807, 2.05) is 0 Å². The van der Waals surface area contributed by atoms with Gasteiger partial charge in [0, 0.05) is 4.47 Å².